The minimum Gasteiger partial charge on any atom is -0.353 e. The van der Waals surface area contributed by atoms with Crippen LogP contribution in [0.15, 0.2) is 23.1 Å². The minimum absolute atomic E-state index is 0.00875. The van der Waals surface area contributed by atoms with Crippen LogP contribution in [-0.4, -0.2) is 37.8 Å². The van der Waals surface area contributed by atoms with Crippen LogP contribution in [0.2, 0.25) is 0 Å². The predicted octanol–water partition coefficient (Wildman–Crippen LogP) is 3.70. The molecule has 2 bridgehead atoms. The molecule has 3 fully saturated rings. The Morgan fingerprint density at radius 3 is 2.30 bits per heavy atom. The van der Waals surface area contributed by atoms with Gasteiger partial charge in [-0.15, -0.1) is 0 Å². The second kappa shape index (κ2) is 7.26. The predicted molar refractivity (Wildman–Crippen MR) is 109 cm³/mol. The van der Waals surface area contributed by atoms with Gasteiger partial charge in [0.2, 0.25) is 15.9 Å². The molecule has 0 unspecified atom stereocenters. The van der Waals surface area contributed by atoms with E-state index >= 15 is 0 Å². The van der Waals surface area contributed by atoms with Gasteiger partial charge >= 0.3 is 0 Å². The summed E-state index contributed by atoms with van der Waals surface area (Å²) in [5.74, 6) is -1.85. The van der Waals surface area contributed by atoms with Crippen LogP contribution in [-0.2, 0) is 14.8 Å². The molecule has 3 aliphatic rings. The maximum atomic E-state index is 13.5. The molecule has 5 nitrogen and oxygen atoms in total. The van der Waals surface area contributed by atoms with E-state index in [9.17, 15) is 22.0 Å². The van der Waals surface area contributed by atoms with Gasteiger partial charge in [-0.05, 0) is 67.1 Å². The number of nitrogens with zero attached hydrogens (tertiary/aromatic N) is 1. The molecular weight excluding hydrogens is 410 g/mol. The first-order chi connectivity index (χ1) is 14.0. The number of nitrogens with one attached hydrogen (secondary N) is 1. The summed E-state index contributed by atoms with van der Waals surface area (Å²) < 4.78 is 53.4. The van der Waals surface area contributed by atoms with Crippen molar-refractivity contribution in [1.82, 2.24) is 9.62 Å². The van der Waals surface area contributed by atoms with E-state index < -0.39 is 21.7 Å². The van der Waals surface area contributed by atoms with Gasteiger partial charge in [0.05, 0.1) is 4.90 Å². The summed E-state index contributed by atoms with van der Waals surface area (Å²) in [6.07, 6.45) is 4.20. The van der Waals surface area contributed by atoms with Crippen LogP contribution in [0, 0.1) is 34.3 Å². The highest BCUT2D eigenvalue weighted by atomic mass is 32.2. The Bertz CT molecular complexity index is 957. The fraction of sp³-hybridized carbons (Fsp3) is 0.682. The summed E-state index contributed by atoms with van der Waals surface area (Å²) in [5, 5.41) is 3.28. The lowest BCUT2D eigenvalue weighted by atomic mass is 9.69. The van der Waals surface area contributed by atoms with Crippen molar-refractivity contribution in [3.63, 3.8) is 0 Å². The topological polar surface area (TPSA) is 66.5 Å². The minimum atomic E-state index is -3.91. The lowest BCUT2D eigenvalue weighted by Gasteiger charge is -2.40. The monoisotopic (exact) mass is 440 g/mol. The fourth-order valence-corrected chi connectivity index (χ4v) is 7.34. The average Bonchev–Trinajstić information content (AvgIpc) is 3.03. The molecule has 1 aromatic carbocycles. The van der Waals surface area contributed by atoms with E-state index in [0.29, 0.717) is 24.8 Å². The summed E-state index contributed by atoms with van der Waals surface area (Å²) in [6, 6.07) is 2.77. The quantitative estimate of drug-likeness (QED) is 0.777. The van der Waals surface area contributed by atoms with Gasteiger partial charge in [-0.1, -0.05) is 20.8 Å². The lowest BCUT2D eigenvalue weighted by Crippen LogP contribution is -2.50. The summed E-state index contributed by atoms with van der Waals surface area (Å²) >= 11 is 0. The van der Waals surface area contributed by atoms with Crippen LogP contribution in [0.25, 0.3) is 0 Å². The summed E-state index contributed by atoms with van der Waals surface area (Å²) in [5.41, 5.74) is 0.316. The third-order valence-corrected chi connectivity index (χ3v) is 10.4. The zero-order valence-corrected chi connectivity index (χ0v) is 18.6. The van der Waals surface area contributed by atoms with Gasteiger partial charge in [-0.25, -0.2) is 17.2 Å². The van der Waals surface area contributed by atoms with Gasteiger partial charge in [-0.3, -0.25) is 4.79 Å². The number of sulfonamides is 1. The van der Waals surface area contributed by atoms with Crippen LogP contribution >= 0.6 is 0 Å². The number of rotatable bonds is 4. The zero-order chi connectivity index (χ0) is 21.9. The molecule has 4 rings (SSSR count). The molecule has 0 radical (unpaired) electrons. The van der Waals surface area contributed by atoms with E-state index in [0.717, 1.165) is 25.0 Å². The largest absolute Gasteiger partial charge is 0.353 e. The first-order valence-electron chi connectivity index (χ1n) is 10.7. The number of hydrogen-bond donors (Lipinski definition) is 1. The van der Waals surface area contributed by atoms with Crippen molar-refractivity contribution in [2.75, 3.05) is 13.1 Å². The van der Waals surface area contributed by atoms with Crippen LogP contribution in [0.1, 0.15) is 52.9 Å². The van der Waals surface area contributed by atoms with Crippen LogP contribution in [0.4, 0.5) is 8.78 Å². The zero-order valence-electron chi connectivity index (χ0n) is 17.7. The maximum Gasteiger partial charge on any atom is 0.243 e. The van der Waals surface area contributed by atoms with Gasteiger partial charge < -0.3 is 5.32 Å². The Labute approximate surface area is 177 Å². The van der Waals surface area contributed by atoms with Crippen molar-refractivity contribution < 1.29 is 22.0 Å². The van der Waals surface area contributed by atoms with Crippen molar-refractivity contribution in [2.45, 2.75) is 63.8 Å². The van der Waals surface area contributed by atoms with Crippen LogP contribution in [0.3, 0.4) is 0 Å². The van der Waals surface area contributed by atoms with Gasteiger partial charge in [0.15, 0.2) is 11.6 Å². The maximum absolute atomic E-state index is 13.5. The van der Waals surface area contributed by atoms with Gasteiger partial charge in [0.25, 0.3) is 0 Å². The van der Waals surface area contributed by atoms with Crippen molar-refractivity contribution in [1.29, 1.82) is 0 Å². The van der Waals surface area contributed by atoms with E-state index in [-0.39, 0.29) is 46.7 Å². The van der Waals surface area contributed by atoms with Crippen LogP contribution in [0.5, 0.6) is 0 Å². The SMILES string of the molecule is CC1(C)[C@@H]2CC[C@@]1(C)[C@H](NC(=O)C1CCN(S(=O)(=O)c3ccc(F)c(F)c3)CC1)C2. The standard InChI is InChI=1S/C22H30F2N2O3S/c1-21(2)15-6-9-22(21,3)19(12-15)25-20(27)14-7-10-26(11-8-14)30(28,29)16-4-5-17(23)18(24)13-16/h4-5,13-15,19H,6-12H2,1-3H3,(H,25,27)/t15-,19-,22+/m1/s1. The van der Waals surface area contributed by atoms with Gasteiger partial charge in [0.1, 0.15) is 0 Å². The molecule has 1 aromatic rings. The number of hydrogen-bond acceptors (Lipinski definition) is 3. The average molecular weight is 441 g/mol. The number of amides is 1. The molecule has 8 heteroatoms. The Balaban J connectivity index is 1.38. The molecule has 166 valence electrons. The number of piperidine rings is 1. The number of fused-ring (bicyclic) bond motifs is 2. The molecule has 1 heterocycles. The number of halogens is 2. The van der Waals surface area contributed by atoms with E-state index in [1.54, 1.807) is 0 Å². The van der Waals surface area contributed by atoms with E-state index in [1.807, 2.05) is 0 Å². The van der Waals surface area contributed by atoms with Crippen molar-refractivity contribution in [3.05, 3.63) is 29.8 Å². The third kappa shape index (κ3) is 3.27. The van der Waals surface area contributed by atoms with E-state index in [4.69, 9.17) is 0 Å². The van der Waals surface area contributed by atoms with E-state index in [1.165, 1.54) is 10.7 Å². The van der Waals surface area contributed by atoms with Gasteiger partial charge in [-0.2, -0.15) is 4.31 Å². The fourth-order valence-electron chi connectivity index (χ4n) is 5.86. The molecule has 1 amide bonds. The molecule has 0 spiro atoms. The molecule has 3 atom stereocenters. The summed E-state index contributed by atoms with van der Waals surface area (Å²) in [7, 11) is -3.91. The highest BCUT2D eigenvalue weighted by molar-refractivity contribution is 7.89. The smallest absolute Gasteiger partial charge is 0.243 e. The van der Waals surface area contributed by atoms with Crippen LogP contribution < -0.4 is 5.32 Å². The highest BCUT2D eigenvalue weighted by Gasteiger charge is 2.61. The highest BCUT2D eigenvalue weighted by Crippen LogP contribution is 2.65. The molecular formula is C22H30F2N2O3S. The second-order valence-corrected chi connectivity index (χ2v) is 11.9. The molecule has 1 saturated heterocycles. The van der Waals surface area contributed by atoms with Crippen molar-refractivity contribution in [2.24, 2.45) is 22.7 Å². The first-order valence-corrected chi connectivity index (χ1v) is 12.2. The second-order valence-electron chi connectivity index (χ2n) is 9.93. The molecule has 2 saturated carbocycles. The Morgan fingerprint density at radius 1 is 1.10 bits per heavy atom. The molecule has 2 aliphatic carbocycles. The summed E-state index contributed by atoms with van der Waals surface area (Å²) in [6.45, 7) is 7.27. The Kier molecular flexibility index (Phi) is 5.25. The lowest BCUT2D eigenvalue weighted by molar-refractivity contribution is -0.127. The molecule has 1 N–H and O–H groups in total. The third-order valence-electron chi connectivity index (χ3n) is 8.46. The van der Waals surface area contributed by atoms with Crippen molar-refractivity contribution >= 4 is 15.9 Å². The Hall–Kier alpha value is -1.54. The first kappa shape index (κ1) is 21.7. The Morgan fingerprint density at radius 2 is 1.77 bits per heavy atom. The molecule has 30 heavy (non-hydrogen) atoms. The number of carbonyl (C=O) groups is 1. The molecule has 1 aliphatic heterocycles. The van der Waals surface area contributed by atoms with E-state index in [2.05, 4.69) is 26.1 Å². The number of carbonyl (C=O) groups excluding carboxylic acids is 1. The normalized spacial score (nSPS) is 31.8. The summed E-state index contributed by atoms with van der Waals surface area (Å²) in [4.78, 5) is 12.7. The number of benzene rings is 1. The van der Waals surface area contributed by atoms with Crippen molar-refractivity contribution in [3.8, 4) is 0 Å². The molecule has 0 aromatic heterocycles. The van der Waals surface area contributed by atoms with Gasteiger partial charge in [0, 0.05) is 25.0 Å².